The molecule has 9 heteroatoms. The normalized spacial score (nSPS) is 12.9. The van der Waals surface area contributed by atoms with Crippen LogP contribution in [0.4, 0.5) is 10.3 Å². The average molecular weight is 397 g/mol. The highest BCUT2D eigenvalue weighted by molar-refractivity contribution is 6.34. The van der Waals surface area contributed by atoms with Crippen molar-refractivity contribution in [3.8, 4) is 11.3 Å². The molecule has 1 aromatic carbocycles. The van der Waals surface area contributed by atoms with Gasteiger partial charge in [0.2, 0.25) is 11.9 Å². The van der Waals surface area contributed by atoms with Gasteiger partial charge in [-0.25, -0.2) is 9.67 Å². The first-order valence-electron chi connectivity index (χ1n) is 8.73. The molecular weight excluding hydrogens is 383 g/mol. The van der Waals surface area contributed by atoms with Gasteiger partial charge in [-0.3, -0.25) is 9.36 Å². The van der Waals surface area contributed by atoms with E-state index in [9.17, 15) is 9.18 Å². The van der Waals surface area contributed by atoms with Gasteiger partial charge in [0.25, 0.3) is 5.56 Å². The van der Waals surface area contributed by atoms with Crippen LogP contribution < -0.4 is 10.9 Å². The lowest BCUT2D eigenvalue weighted by Gasteiger charge is -2.05. The molecule has 0 atom stereocenters. The average Bonchev–Trinajstić information content (AvgIpc) is 3.27. The second kappa shape index (κ2) is 6.42. The Bertz CT molecular complexity index is 1260. The highest BCUT2D eigenvalue weighted by Gasteiger charge is 2.22. The summed E-state index contributed by atoms with van der Waals surface area (Å²) in [7, 11) is 0. The first-order chi connectivity index (χ1) is 13.6. The van der Waals surface area contributed by atoms with E-state index in [2.05, 4.69) is 20.4 Å². The molecule has 3 aromatic heterocycles. The van der Waals surface area contributed by atoms with Crippen molar-refractivity contribution < 1.29 is 4.39 Å². The summed E-state index contributed by atoms with van der Waals surface area (Å²) in [5, 5.41) is 8.20. The van der Waals surface area contributed by atoms with E-state index in [1.165, 1.54) is 6.07 Å². The Kier molecular flexibility index (Phi) is 3.87. The second-order valence-electron chi connectivity index (χ2n) is 6.51. The highest BCUT2D eigenvalue weighted by atomic mass is 35.5. The third-order valence-electron chi connectivity index (χ3n) is 4.72. The van der Waals surface area contributed by atoms with Gasteiger partial charge in [-0.15, -0.1) is 0 Å². The Balaban J connectivity index is 1.50. The number of hydrogen-bond acceptors (Lipinski definition) is 5. The smallest absolute Gasteiger partial charge is 0.287 e. The van der Waals surface area contributed by atoms with E-state index < -0.39 is 5.95 Å². The van der Waals surface area contributed by atoms with Crippen molar-refractivity contribution in [2.45, 2.75) is 13.1 Å². The minimum absolute atomic E-state index is 0.269. The summed E-state index contributed by atoms with van der Waals surface area (Å²) in [4.78, 5) is 20.2. The number of hydrogen-bond donors (Lipinski definition) is 1. The number of rotatable bonds is 3. The number of pyridine rings is 1. The van der Waals surface area contributed by atoms with Crippen LogP contribution >= 0.6 is 11.6 Å². The van der Waals surface area contributed by atoms with E-state index in [1.807, 2.05) is 28.8 Å². The van der Waals surface area contributed by atoms with Crippen LogP contribution in [-0.4, -0.2) is 30.9 Å². The van der Waals surface area contributed by atoms with Gasteiger partial charge in [0.05, 0.1) is 12.2 Å². The van der Waals surface area contributed by atoms with Crippen molar-refractivity contribution in [3.63, 3.8) is 0 Å². The highest BCUT2D eigenvalue weighted by Crippen LogP contribution is 2.25. The molecule has 140 valence electrons. The van der Waals surface area contributed by atoms with Gasteiger partial charge >= 0.3 is 0 Å². The van der Waals surface area contributed by atoms with Crippen molar-refractivity contribution >= 4 is 28.6 Å². The fourth-order valence-corrected chi connectivity index (χ4v) is 3.63. The summed E-state index contributed by atoms with van der Waals surface area (Å²) >= 11 is 6.43. The van der Waals surface area contributed by atoms with E-state index in [0.717, 1.165) is 11.1 Å². The molecule has 7 nitrogen and oxygen atoms in total. The van der Waals surface area contributed by atoms with Crippen molar-refractivity contribution in [1.82, 2.24) is 24.3 Å². The third-order valence-corrected chi connectivity index (χ3v) is 5.10. The molecule has 0 amide bonds. The Hall–Kier alpha value is -3.26. The maximum Gasteiger partial charge on any atom is 0.287 e. The molecule has 0 unspecified atom stereocenters. The summed E-state index contributed by atoms with van der Waals surface area (Å²) in [6, 6.07) is 12.2. The maximum absolute atomic E-state index is 13.3. The summed E-state index contributed by atoms with van der Waals surface area (Å²) in [5.74, 6) is 0.00361. The van der Waals surface area contributed by atoms with Crippen LogP contribution in [0.5, 0.6) is 0 Å². The topological polar surface area (TPSA) is 77.6 Å². The third kappa shape index (κ3) is 2.73. The van der Waals surface area contributed by atoms with Crippen molar-refractivity contribution in [2.75, 3.05) is 11.9 Å². The van der Waals surface area contributed by atoms with Crippen molar-refractivity contribution in [2.24, 2.45) is 0 Å². The first kappa shape index (κ1) is 16.9. The monoisotopic (exact) mass is 396 g/mol. The van der Waals surface area contributed by atoms with Crippen LogP contribution in [0.15, 0.2) is 47.3 Å². The summed E-state index contributed by atoms with van der Waals surface area (Å²) in [6.45, 7) is 1.78. The van der Waals surface area contributed by atoms with Crippen LogP contribution in [0.2, 0.25) is 5.15 Å². The molecule has 4 aromatic rings. The standard InChI is InChI=1S/C19H14ClFN6O/c20-16-15-17(26-9-8-22-19(26)24-18(15)28)25-27(16)10-11-4-6-12(7-5-11)13-2-1-3-14(21)23-13/h1-7H,8-10H2,(H,22,24,28). The molecule has 28 heavy (non-hydrogen) atoms. The minimum atomic E-state index is -0.516. The Morgan fingerprint density at radius 3 is 2.75 bits per heavy atom. The Labute approximate surface area is 163 Å². The zero-order valence-corrected chi connectivity index (χ0v) is 15.3. The minimum Gasteiger partial charge on any atom is -0.354 e. The van der Waals surface area contributed by atoms with Gasteiger partial charge in [0.15, 0.2) is 5.65 Å². The number of halogens is 2. The molecule has 4 heterocycles. The molecule has 1 aliphatic rings. The van der Waals surface area contributed by atoms with E-state index in [1.54, 1.807) is 16.8 Å². The first-order valence-corrected chi connectivity index (χ1v) is 9.10. The van der Waals surface area contributed by atoms with Crippen molar-refractivity contribution in [3.05, 3.63) is 69.5 Å². The maximum atomic E-state index is 13.3. The SMILES string of the molecule is O=c1nc2n(c3nn(Cc4ccc(-c5cccc(F)n5)cc4)c(Cl)c13)CCN2. The second-order valence-corrected chi connectivity index (χ2v) is 6.87. The largest absolute Gasteiger partial charge is 0.354 e. The lowest BCUT2D eigenvalue weighted by atomic mass is 10.1. The Morgan fingerprint density at radius 1 is 1.14 bits per heavy atom. The van der Waals surface area contributed by atoms with E-state index in [-0.39, 0.29) is 10.7 Å². The number of aromatic nitrogens is 5. The molecule has 1 N–H and O–H groups in total. The molecule has 1 aliphatic heterocycles. The van der Waals surface area contributed by atoms with Gasteiger partial charge in [-0.1, -0.05) is 41.9 Å². The molecule has 0 saturated carbocycles. The van der Waals surface area contributed by atoms with E-state index in [0.29, 0.717) is 42.3 Å². The molecule has 0 aliphatic carbocycles. The van der Waals surface area contributed by atoms with Gasteiger partial charge in [-0.2, -0.15) is 14.5 Å². The summed E-state index contributed by atoms with van der Waals surface area (Å²) in [6.07, 6.45) is 0. The predicted octanol–water partition coefficient (Wildman–Crippen LogP) is 2.92. The molecular formula is C19H14ClFN6O. The number of nitrogens with one attached hydrogen (secondary N) is 1. The van der Waals surface area contributed by atoms with Gasteiger partial charge in [0.1, 0.15) is 10.5 Å². The van der Waals surface area contributed by atoms with Crippen molar-refractivity contribution in [1.29, 1.82) is 0 Å². The molecule has 0 spiro atoms. The zero-order valence-electron chi connectivity index (χ0n) is 14.6. The number of nitrogens with zero attached hydrogens (tertiary/aromatic N) is 5. The molecule has 0 bridgehead atoms. The van der Waals surface area contributed by atoms with Crippen LogP contribution in [0, 0.1) is 5.95 Å². The summed E-state index contributed by atoms with van der Waals surface area (Å²) < 4.78 is 16.8. The quantitative estimate of drug-likeness (QED) is 0.539. The zero-order chi connectivity index (χ0) is 19.3. The lowest BCUT2D eigenvalue weighted by molar-refractivity contribution is 0.585. The van der Waals surface area contributed by atoms with Crippen LogP contribution in [0.25, 0.3) is 22.3 Å². The van der Waals surface area contributed by atoms with Gasteiger partial charge in [-0.05, 0) is 17.7 Å². The van der Waals surface area contributed by atoms with Crippen LogP contribution in [-0.2, 0) is 13.1 Å². The van der Waals surface area contributed by atoms with Gasteiger partial charge < -0.3 is 5.32 Å². The van der Waals surface area contributed by atoms with Crippen LogP contribution in [0.1, 0.15) is 5.56 Å². The predicted molar refractivity (Wildman–Crippen MR) is 104 cm³/mol. The Morgan fingerprint density at radius 2 is 1.96 bits per heavy atom. The molecule has 0 radical (unpaired) electrons. The van der Waals surface area contributed by atoms with Crippen LogP contribution in [0.3, 0.4) is 0 Å². The number of anilines is 1. The molecule has 5 rings (SSSR count). The van der Waals surface area contributed by atoms with E-state index in [4.69, 9.17) is 11.6 Å². The molecule has 0 saturated heterocycles. The number of fused-ring (bicyclic) bond motifs is 3. The fraction of sp³-hybridized carbons (Fsp3) is 0.158. The molecule has 0 fully saturated rings. The van der Waals surface area contributed by atoms with Gasteiger partial charge in [0, 0.05) is 18.7 Å². The lowest BCUT2D eigenvalue weighted by Crippen LogP contribution is -2.12. The van der Waals surface area contributed by atoms with E-state index >= 15 is 0 Å². The summed E-state index contributed by atoms with van der Waals surface area (Å²) in [5.41, 5.74) is 2.46. The number of benzene rings is 1. The fourth-order valence-electron chi connectivity index (χ4n) is 3.37.